The van der Waals surface area contributed by atoms with E-state index in [1.54, 1.807) is 19.1 Å². The van der Waals surface area contributed by atoms with Crippen molar-refractivity contribution < 1.29 is 9.90 Å². The predicted molar refractivity (Wildman–Crippen MR) is 72.9 cm³/mol. The summed E-state index contributed by atoms with van der Waals surface area (Å²) in [5, 5.41) is 14.4. The van der Waals surface area contributed by atoms with Crippen molar-refractivity contribution in [2.24, 2.45) is 0 Å². The molecule has 0 fully saturated rings. The first-order chi connectivity index (χ1) is 7.52. The topological polar surface area (TPSA) is 61.4 Å². The Bertz CT molecular complexity index is 387. The molecular weight excluding hydrogens is 342 g/mol. The Morgan fingerprint density at radius 2 is 2.31 bits per heavy atom. The summed E-state index contributed by atoms with van der Waals surface area (Å²) in [7, 11) is 0. The van der Waals surface area contributed by atoms with Crippen molar-refractivity contribution >= 4 is 45.9 Å². The summed E-state index contributed by atoms with van der Waals surface area (Å²) in [6.07, 6.45) is 0. The number of benzene rings is 1. The molecular formula is C10H12ClIN2O2. The molecule has 0 radical (unpaired) electrons. The van der Waals surface area contributed by atoms with Crippen LogP contribution in [0.2, 0.25) is 5.02 Å². The molecule has 0 saturated carbocycles. The first-order valence-electron chi connectivity index (χ1n) is 4.66. The monoisotopic (exact) mass is 354 g/mol. The van der Waals surface area contributed by atoms with Gasteiger partial charge in [-0.25, -0.2) is 4.79 Å². The third kappa shape index (κ3) is 4.15. The van der Waals surface area contributed by atoms with E-state index in [0.717, 1.165) is 3.57 Å². The van der Waals surface area contributed by atoms with Crippen LogP contribution in [0.3, 0.4) is 0 Å². The molecule has 1 atom stereocenters. The Balaban J connectivity index is 2.63. The minimum Gasteiger partial charge on any atom is -0.394 e. The Morgan fingerprint density at radius 3 is 2.88 bits per heavy atom. The Labute approximate surface area is 113 Å². The van der Waals surface area contributed by atoms with Crippen LogP contribution in [0.1, 0.15) is 6.92 Å². The van der Waals surface area contributed by atoms with Crippen LogP contribution in [-0.2, 0) is 0 Å². The molecule has 4 nitrogen and oxygen atoms in total. The molecule has 0 bridgehead atoms. The molecule has 1 rings (SSSR count). The SMILES string of the molecule is C[C@H](CO)NC(=O)Nc1ccc(I)cc1Cl. The lowest BCUT2D eigenvalue weighted by Crippen LogP contribution is -2.38. The van der Waals surface area contributed by atoms with Gasteiger partial charge in [0.2, 0.25) is 0 Å². The number of rotatable bonds is 3. The average Bonchev–Trinajstić information content (AvgIpc) is 2.22. The van der Waals surface area contributed by atoms with Crippen LogP contribution in [0.4, 0.5) is 10.5 Å². The maximum absolute atomic E-state index is 11.4. The van der Waals surface area contributed by atoms with Crippen LogP contribution in [-0.4, -0.2) is 23.8 Å². The van der Waals surface area contributed by atoms with Crippen molar-refractivity contribution in [3.63, 3.8) is 0 Å². The van der Waals surface area contributed by atoms with E-state index in [1.165, 1.54) is 0 Å². The van der Waals surface area contributed by atoms with Gasteiger partial charge in [-0.15, -0.1) is 0 Å². The lowest BCUT2D eigenvalue weighted by molar-refractivity contribution is 0.229. The summed E-state index contributed by atoms with van der Waals surface area (Å²) in [6.45, 7) is 1.60. The molecule has 0 aliphatic heterocycles. The summed E-state index contributed by atoms with van der Waals surface area (Å²) < 4.78 is 0.997. The molecule has 16 heavy (non-hydrogen) atoms. The second kappa shape index (κ2) is 6.27. The summed E-state index contributed by atoms with van der Waals surface area (Å²) in [4.78, 5) is 11.4. The second-order valence-electron chi connectivity index (χ2n) is 3.31. The molecule has 3 N–H and O–H groups in total. The third-order valence-corrected chi connectivity index (χ3v) is 2.81. The fourth-order valence-corrected chi connectivity index (χ4v) is 1.92. The summed E-state index contributed by atoms with van der Waals surface area (Å²) >= 11 is 8.08. The van der Waals surface area contributed by atoms with E-state index >= 15 is 0 Å². The largest absolute Gasteiger partial charge is 0.394 e. The Hall–Kier alpha value is -0.530. The van der Waals surface area contributed by atoms with Gasteiger partial charge in [0.25, 0.3) is 0 Å². The number of hydrogen-bond acceptors (Lipinski definition) is 2. The number of urea groups is 1. The van der Waals surface area contributed by atoms with Crippen LogP contribution in [0.15, 0.2) is 18.2 Å². The van der Waals surface area contributed by atoms with Gasteiger partial charge in [0.05, 0.1) is 23.4 Å². The van der Waals surface area contributed by atoms with E-state index < -0.39 is 0 Å². The lowest BCUT2D eigenvalue weighted by atomic mass is 10.3. The smallest absolute Gasteiger partial charge is 0.319 e. The number of halogens is 2. The molecule has 0 aliphatic rings. The maximum atomic E-state index is 11.4. The van der Waals surface area contributed by atoms with Crippen LogP contribution in [0.5, 0.6) is 0 Å². The molecule has 1 aromatic carbocycles. The normalized spacial score (nSPS) is 12.0. The van der Waals surface area contributed by atoms with Crippen molar-refractivity contribution in [2.45, 2.75) is 13.0 Å². The molecule has 0 heterocycles. The highest BCUT2D eigenvalue weighted by Crippen LogP contribution is 2.23. The van der Waals surface area contributed by atoms with Gasteiger partial charge in [-0.3, -0.25) is 0 Å². The van der Waals surface area contributed by atoms with E-state index in [-0.39, 0.29) is 18.7 Å². The molecule has 0 saturated heterocycles. The molecule has 6 heteroatoms. The number of carbonyl (C=O) groups is 1. The van der Waals surface area contributed by atoms with Gasteiger partial charge in [0.15, 0.2) is 0 Å². The van der Waals surface area contributed by atoms with Gasteiger partial charge in [0.1, 0.15) is 0 Å². The van der Waals surface area contributed by atoms with Crippen molar-refractivity contribution in [2.75, 3.05) is 11.9 Å². The van der Waals surface area contributed by atoms with Gasteiger partial charge in [-0.1, -0.05) is 11.6 Å². The fraction of sp³-hybridized carbons (Fsp3) is 0.300. The number of anilines is 1. The number of aliphatic hydroxyl groups is 1. The Kier molecular flexibility index (Phi) is 5.30. The number of carbonyl (C=O) groups excluding carboxylic acids is 1. The Morgan fingerprint density at radius 1 is 1.62 bits per heavy atom. The van der Waals surface area contributed by atoms with E-state index in [4.69, 9.17) is 16.7 Å². The van der Waals surface area contributed by atoms with E-state index in [2.05, 4.69) is 33.2 Å². The van der Waals surface area contributed by atoms with Crippen molar-refractivity contribution in [3.05, 3.63) is 26.8 Å². The first-order valence-corrected chi connectivity index (χ1v) is 6.12. The summed E-state index contributed by atoms with van der Waals surface area (Å²) in [6, 6.07) is 4.66. The molecule has 2 amide bonds. The number of hydrogen-bond donors (Lipinski definition) is 3. The lowest BCUT2D eigenvalue weighted by Gasteiger charge is -2.12. The summed E-state index contributed by atoms with van der Waals surface area (Å²) in [5.74, 6) is 0. The fourth-order valence-electron chi connectivity index (χ4n) is 1.02. The average molecular weight is 355 g/mol. The summed E-state index contributed by atoms with van der Waals surface area (Å²) in [5.41, 5.74) is 0.546. The zero-order valence-electron chi connectivity index (χ0n) is 8.63. The maximum Gasteiger partial charge on any atom is 0.319 e. The predicted octanol–water partition coefficient (Wildman–Crippen LogP) is 2.45. The number of amides is 2. The highest BCUT2D eigenvalue weighted by molar-refractivity contribution is 14.1. The highest BCUT2D eigenvalue weighted by Gasteiger charge is 2.08. The highest BCUT2D eigenvalue weighted by atomic mass is 127. The van der Waals surface area contributed by atoms with E-state index in [0.29, 0.717) is 10.7 Å². The molecule has 1 aromatic rings. The van der Waals surface area contributed by atoms with Crippen LogP contribution >= 0.6 is 34.2 Å². The van der Waals surface area contributed by atoms with Crippen molar-refractivity contribution in [1.82, 2.24) is 5.32 Å². The first kappa shape index (κ1) is 13.5. The minimum atomic E-state index is -0.385. The quantitative estimate of drug-likeness (QED) is 0.730. The standard InChI is InChI=1S/C10H12ClIN2O2/c1-6(5-15)13-10(16)14-9-3-2-7(12)4-8(9)11/h2-4,6,15H,5H2,1H3,(H2,13,14,16)/t6-/m1/s1. The van der Waals surface area contributed by atoms with E-state index in [9.17, 15) is 4.79 Å². The molecule has 0 unspecified atom stereocenters. The third-order valence-electron chi connectivity index (χ3n) is 1.83. The van der Waals surface area contributed by atoms with Gasteiger partial charge >= 0.3 is 6.03 Å². The van der Waals surface area contributed by atoms with Gasteiger partial charge in [-0.2, -0.15) is 0 Å². The van der Waals surface area contributed by atoms with Crippen molar-refractivity contribution in [3.8, 4) is 0 Å². The van der Waals surface area contributed by atoms with Crippen LogP contribution in [0.25, 0.3) is 0 Å². The molecule has 0 spiro atoms. The number of nitrogens with one attached hydrogen (secondary N) is 2. The molecule has 0 aliphatic carbocycles. The molecule has 0 aromatic heterocycles. The number of aliphatic hydroxyl groups excluding tert-OH is 1. The second-order valence-corrected chi connectivity index (χ2v) is 4.96. The minimum absolute atomic E-state index is 0.103. The molecule has 88 valence electrons. The zero-order valence-corrected chi connectivity index (χ0v) is 11.5. The van der Waals surface area contributed by atoms with Crippen LogP contribution in [0, 0.1) is 3.57 Å². The zero-order chi connectivity index (χ0) is 12.1. The van der Waals surface area contributed by atoms with Crippen molar-refractivity contribution in [1.29, 1.82) is 0 Å². The van der Waals surface area contributed by atoms with E-state index in [1.807, 2.05) is 6.07 Å². The van der Waals surface area contributed by atoms with Gasteiger partial charge in [-0.05, 0) is 47.7 Å². The van der Waals surface area contributed by atoms with Gasteiger partial charge in [0, 0.05) is 3.57 Å². The van der Waals surface area contributed by atoms with Gasteiger partial charge < -0.3 is 15.7 Å². The van der Waals surface area contributed by atoms with Crippen LogP contribution < -0.4 is 10.6 Å².